The van der Waals surface area contributed by atoms with Gasteiger partial charge in [-0.1, -0.05) is 121 Å². The minimum absolute atomic E-state index is 1.19. The van der Waals surface area contributed by atoms with E-state index in [0.29, 0.717) is 0 Å². The summed E-state index contributed by atoms with van der Waals surface area (Å²) >= 11 is 0. The van der Waals surface area contributed by atoms with Gasteiger partial charge in [0.05, 0.1) is 11.4 Å². The van der Waals surface area contributed by atoms with E-state index in [-0.39, 0.29) is 0 Å². The summed E-state index contributed by atoms with van der Waals surface area (Å²) in [6, 6.07) is 47.9. The number of hydrogen-bond donors (Lipinski definition) is 0. The fraction of sp³-hybridized carbons (Fsp3) is 0.0303. The first kappa shape index (κ1) is 20.3. The maximum absolute atomic E-state index is 2.42. The van der Waals surface area contributed by atoms with Crippen molar-refractivity contribution < 1.29 is 0 Å². The summed E-state index contributed by atoms with van der Waals surface area (Å²) < 4.78 is 2.42. The number of benzene rings is 4. The van der Waals surface area contributed by atoms with Crippen molar-refractivity contribution in [2.24, 2.45) is 0 Å². The summed E-state index contributed by atoms with van der Waals surface area (Å²) in [6.07, 6.45) is 0. The molecule has 0 amide bonds. The molecule has 0 saturated heterocycles. The van der Waals surface area contributed by atoms with Crippen LogP contribution in [0.3, 0.4) is 0 Å². The molecule has 0 saturated carbocycles. The number of nitrogens with zero attached hydrogens (tertiary/aromatic N) is 1. The molecule has 34 heavy (non-hydrogen) atoms. The van der Waals surface area contributed by atoms with Crippen LogP contribution in [0.2, 0.25) is 0 Å². The van der Waals surface area contributed by atoms with E-state index in [9.17, 15) is 0 Å². The van der Waals surface area contributed by atoms with Crippen LogP contribution in [0, 0.1) is 6.92 Å². The number of aryl methyl sites for hydroxylation is 1. The third-order valence-corrected chi connectivity index (χ3v) is 6.45. The van der Waals surface area contributed by atoms with E-state index in [4.69, 9.17) is 0 Å². The Morgan fingerprint density at radius 2 is 1.00 bits per heavy atom. The van der Waals surface area contributed by atoms with Crippen molar-refractivity contribution in [1.29, 1.82) is 0 Å². The highest BCUT2D eigenvalue weighted by atomic mass is 14.9. The monoisotopic (exact) mass is 435 g/mol. The molecule has 0 bridgehead atoms. The third kappa shape index (κ3) is 3.62. The van der Waals surface area contributed by atoms with E-state index in [1.54, 1.807) is 0 Å². The molecule has 0 aliphatic heterocycles. The van der Waals surface area contributed by atoms with Crippen LogP contribution in [-0.2, 0) is 0 Å². The van der Waals surface area contributed by atoms with Crippen molar-refractivity contribution in [1.82, 2.24) is 4.40 Å². The largest absolute Gasteiger partial charge is 0.309 e. The Bertz CT molecular complexity index is 1560. The lowest BCUT2D eigenvalue weighted by Gasteiger charge is -2.15. The molecule has 6 aromatic rings. The Hall–Kier alpha value is -4.36. The van der Waals surface area contributed by atoms with Crippen LogP contribution in [0.5, 0.6) is 0 Å². The summed E-state index contributed by atoms with van der Waals surface area (Å²) in [5, 5.41) is 0. The summed E-state index contributed by atoms with van der Waals surface area (Å²) in [7, 11) is 0. The zero-order chi connectivity index (χ0) is 22.9. The van der Waals surface area contributed by atoms with Crippen LogP contribution < -0.4 is 0 Å². The summed E-state index contributed by atoms with van der Waals surface area (Å²) in [6.45, 7) is 2.14. The second-order valence-electron chi connectivity index (χ2n) is 8.76. The standard InChI is InChI=1S/C33H25N/c1-24-17-19-26(20-18-24)31-23-30-21-29(25-11-5-2-6-12-25)22-32(27-13-7-3-8-14-27)34(30)33(31)28-15-9-4-10-16-28/h2-23H,1H3. The van der Waals surface area contributed by atoms with E-state index in [0.717, 1.165) is 0 Å². The average Bonchev–Trinajstić information content (AvgIpc) is 3.29. The maximum atomic E-state index is 2.42. The average molecular weight is 436 g/mol. The lowest BCUT2D eigenvalue weighted by atomic mass is 10.0. The van der Waals surface area contributed by atoms with Gasteiger partial charge in [0.25, 0.3) is 0 Å². The van der Waals surface area contributed by atoms with Crippen molar-refractivity contribution in [3.63, 3.8) is 0 Å². The number of aromatic nitrogens is 1. The van der Waals surface area contributed by atoms with E-state index in [1.165, 1.54) is 55.8 Å². The predicted molar refractivity (Wildman–Crippen MR) is 144 cm³/mol. The molecule has 0 aliphatic rings. The van der Waals surface area contributed by atoms with Gasteiger partial charge in [-0.15, -0.1) is 0 Å². The second kappa shape index (κ2) is 8.53. The zero-order valence-electron chi connectivity index (χ0n) is 19.1. The lowest BCUT2D eigenvalue weighted by molar-refractivity contribution is 1.21. The number of rotatable bonds is 4. The van der Waals surface area contributed by atoms with Crippen LogP contribution in [0.4, 0.5) is 0 Å². The first-order valence-electron chi connectivity index (χ1n) is 11.7. The molecule has 0 unspecified atom stereocenters. The van der Waals surface area contributed by atoms with E-state index < -0.39 is 0 Å². The van der Waals surface area contributed by atoms with Gasteiger partial charge >= 0.3 is 0 Å². The Morgan fingerprint density at radius 3 is 1.62 bits per heavy atom. The van der Waals surface area contributed by atoms with Crippen LogP contribution >= 0.6 is 0 Å². The first-order chi connectivity index (χ1) is 16.8. The van der Waals surface area contributed by atoms with Gasteiger partial charge in [0.15, 0.2) is 0 Å². The summed E-state index contributed by atoms with van der Waals surface area (Å²) in [5.41, 5.74) is 12.2. The Kier molecular flexibility index (Phi) is 5.08. The Balaban J connectivity index is 1.73. The van der Waals surface area contributed by atoms with Crippen LogP contribution in [0.25, 0.3) is 50.3 Å². The van der Waals surface area contributed by atoms with Crippen molar-refractivity contribution in [3.05, 3.63) is 139 Å². The molecule has 0 N–H and O–H groups in total. The van der Waals surface area contributed by atoms with Gasteiger partial charge in [0.1, 0.15) is 0 Å². The molecule has 6 rings (SSSR count). The molecule has 0 atom stereocenters. The Labute approximate surface area is 200 Å². The highest BCUT2D eigenvalue weighted by Crippen LogP contribution is 2.40. The molecule has 1 nitrogen and oxygen atoms in total. The molecule has 0 aliphatic carbocycles. The van der Waals surface area contributed by atoms with Gasteiger partial charge < -0.3 is 4.40 Å². The highest BCUT2D eigenvalue weighted by molar-refractivity contribution is 5.91. The van der Waals surface area contributed by atoms with Crippen molar-refractivity contribution >= 4 is 5.52 Å². The van der Waals surface area contributed by atoms with Crippen LogP contribution in [0.1, 0.15) is 5.56 Å². The molecule has 1 heteroatoms. The van der Waals surface area contributed by atoms with Gasteiger partial charge in [-0.3, -0.25) is 0 Å². The van der Waals surface area contributed by atoms with E-state index in [1.807, 2.05) is 0 Å². The molecule has 0 fully saturated rings. The highest BCUT2D eigenvalue weighted by Gasteiger charge is 2.18. The van der Waals surface area contributed by atoms with E-state index in [2.05, 4.69) is 145 Å². The predicted octanol–water partition coefficient (Wildman–Crippen LogP) is 8.92. The van der Waals surface area contributed by atoms with Gasteiger partial charge in [0, 0.05) is 11.1 Å². The number of fused-ring (bicyclic) bond motifs is 1. The van der Waals surface area contributed by atoms with Gasteiger partial charge in [-0.05, 0) is 52.9 Å². The minimum Gasteiger partial charge on any atom is -0.309 e. The fourth-order valence-electron chi connectivity index (χ4n) is 4.76. The minimum atomic E-state index is 1.19. The second-order valence-corrected chi connectivity index (χ2v) is 8.76. The smallest absolute Gasteiger partial charge is 0.0613 e. The lowest BCUT2D eigenvalue weighted by Crippen LogP contribution is -1.96. The molecular weight excluding hydrogens is 410 g/mol. The molecule has 0 spiro atoms. The summed E-state index contributed by atoms with van der Waals surface area (Å²) in [4.78, 5) is 0. The van der Waals surface area contributed by atoms with Crippen molar-refractivity contribution in [2.75, 3.05) is 0 Å². The topological polar surface area (TPSA) is 4.41 Å². The summed E-state index contributed by atoms with van der Waals surface area (Å²) in [5.74, 6) is 0. The van der Waals surface area contributed by atoms with Crippen molar-refractivity contribution in [2.45, 2.75) is 6.92 Å². The molecule has 4 aromatic carbocycles. The number of pyridine rings is 1. The van der Waals surface area contributed by atoms with E-state index >= 15 is 0 Å². The third-order valence-electron chi connectivity index (χ3n) is 6.45. The Morgan fingerprint density at radius 1 is 0.441 bits per heavy atom. The molecule has 2 heterocycles. The first-order valence-corrected chi connectivity index (χ1v) is 11.7. The van der Waals surface area contributed by atoms with Crippen LogP contribution in [0.15, 0.2) is 133 Å². The molecule has 2 aromatic heterocycles. The van der Waals surface area contributed by atoms with Crippen molar-refractivity contribution in [3.8, 4) is 44.8 Å². The SMILES string of the molecule is Cc1ccc(-c2cc3cc(-c4ccccc4)cc(-c4ccccc4)n3c2-c2ccccc2)cc1. The van der Waals surface area contributed by atoms with Gasteiger partial charge in [0.2, 0.25) is 0 Å². The van der Waals surface area contributed by atoms with Gasteiger partial charge in [-0.2, -0.15) is 0 Å². The molecular formula is C33H25N. The van der Waals surface area contributed by atoms with Gasteiger partial charge in [-0.25, -0.2) is 0 Å². The number of hydrogen-bond acceptors (Lipinski definition) is 0. The quantitative estimate of drug-likeness (QED) is 0.260. The molecule has 162 valence electrons. The fourth-order valence-corrected chi connectivity index (χ4v) is 4.76. The zero-order valence-corrected chi connectivity index (χ0v) is 19.1. The van der Waals surface area contributed by atoms with Crippen LogP contribution in [-0.4, -0.2) is 4.40 Å². The maximum Gasteiger partial charge on any atom is 0.0613 e. The normalized spacial score (nSPS) is 11.1. The molecule has 0 radical (unpaired) electrons.